The molecule has 1 atom stereocenters. The van der Waals surface area contributed by atoms with Crippen LogP contribution in [-0.4, -0.2) is 21.0 Å². The van der Waals surface area contributed by atoms with E-state index in [2.05, 4.69) is 16.0 Å². The van der Waals surface area contributed by atoms with Gasteiger partial charge in [-0.15, -0.1) is 0 Å². The summed E-state index contributed by atoms with van der Waals surface area (Å²) in [4.78, 5) is 12.0. The van der Waals surface area contributed by atoms with Crippen molar-refractivity contribution >= 4 is 98.5 Å². The third kappa shape index (κ3) is 8.42. The number of carbonyl (C=O) groups is 1. The summed E-state index contributed by atoms with van der Waals surface area (Å²) in [5.41, 5.74) is 0.340. The summed E-state index contributed by atoms with van der Waals surface area (Å²) in [6, 6.07) is 3.00. The van der Waals surface area contributed by atoms with Gasteiger partial charge in [-0.25, -0.2) is 0 Å². The molecule has 0 radical (unpaired) electrons. The molecule has 1 aromatic carbocycles. The zero-order valence-corrected chi connectivity index (χ0v) is 19.0. The van der Waals surface area contributed by atoms with E-state index in [1.165, 1.54) is 12.1 Å². The van der Waals surface area contributed by atoms with Crippen molar-refractivity contribution < 1.29 is 4.79 Å². The Bertz CT molecular complexity index is 630. The Morgan fingerprint density at radius 2 is 1.69 bits per heavy atom. The molecule has 0 saturated carbocycles. The maximum Gasteiger partial charge on any atom is 0.228 e. The van der Waals surface area contributed by atoms with E-state index in [9.17, 15) is 4.79 Å². The molecule has 0 spiro atoms. The Morgan fingerprint density at radius 1 is 1.12 bits per heavy atom. The molecular weight excluding hydrogens is 483 g/mol. The largest absolute Gasteiger partial charge is 0.339 e. The maximum absolute atomic E-state index is 12.0. The van der Waals surface area contributed by atoms with Gasteiger partial charge in [0, 0.05) is 11.4 Å². The van der Waals surface area contributed by atoms with E-state index in [4.69, 9.17) is 81.8 Å². The molecule has 3 N–H and O–H groups in total. The Labute approximate surface area is 188 Å². The van der Waals surface area contributed by atoms with Gasteiger partial charge in [0.05, 0.1) is 15.7 Å². The van der Waals surface area contributed by atoms with Crippen LogP contribution in [0.2, 0.25) is 15.1 Å². The van der Waals surface area contributed by atoms with Crippen LogP contribution in [0, 0.1) is 0 Å². The number of benzene rings is 1. The summed E-state index contributed by atoms with van der Waals surface area (Å²) in [5, 5.41) is 9.12. The topological polar surface area (TPSA) is 53.2 Å². The average Bonchev–Trinajstić information content (AvgIpc) is 2.49. The van der Waals surface area contributed by atoms with E-state index < -0.39 is 9.96 Å². The van der Waals surface area contributed by atoms with Crippen LogP contribution in [0.15, 0.2) is 12.1 Å². The van der Waals surface area contributed by atoms with Gasteiger partial charge in [-0.3, -0.25) is 4.79 Å². The van der Waals surface area contributed by atoms with Gasteiger partial charge in [-0.2, -0.15) is 0 Å². The maximum atomic E-state index is 12.0. The average molecular weight is 500 g/mol. The Hall–Kier alpha value is 0.120. The van der Waals surface area contributed by atoms with E-state index in [0.717, 1.165) is 19.3 Å². The van der Waals surface area contributed by atoms with E-state index in [1.54, 1.807) is 0 Å². The number of nitrogens with one attached hydrogen (secondary N) is 3. The molecule has 0 aliphatic rings. The van der Waals surface area contributed by atoms with E-state index in [1.807, 2.05) is 6.92 Å². The standard InChI is InChI=1S/C15H17Cl6N3OS/c1-2-3-4-5-11(25)22-13(15(19,20)21)24-14(26)23-12-9(17)6-8(16)7-10(12)18/h6-7,13H,2-5H2,1H3,(H,22,25)(H2,23,24,26). The minimum Gasteiger partial charge on any atom is -0.339 e. The van der Waals surface area contributed by atoms with Crippen molar-refractivity contribution in [2.45, 2.75) is 42.6 Å². The molecule has 1 rings (SSSR count). The first kappa shape index (κ1) is 24.2. The Kier molecular flexibility index (Phi) is 10.4. The number of unbranched alkanes of at least 4 members (excludes halogenated alkanes) is 2. The number of amides is 1. The quantitative estimate of drug-likeness (QED) is 0.178. The number of alkyl halides is 3. The number of hydrogen-bond acceptors (Lipinski definition) is 2. The van der Waals surface area contributed by atoms with Crippen LogP contribution in [0.25, 0.3) is 0 Å². The van der Waals surface area contributed by atoms with Gasteiger partial charge < -0.3 is 16.0 Å². The predicted molar refractivity (Wildman–Crippen MR) is 117 cm³/mol. The molecule has 0 aliphatic heterocycles. The fourth-order valence-corrected chi connectivity index (χ4v) is 3.37. The van der Waals surface area contributed by atoms with Crippen LogP contribution in [0.3, 0.4) is 0 Å². The lowest BCUT2D eigenvalue weighted by Gasteiger charge is -2.28. The first-order valence-electron chi connectivity index (χ1n) is 7.62. The van der Waals surface area contributed by atoms with Gasteiger partial charge in [0.1, 0.15) is 6.17 Å². The summed E-state index contributed by atoms with van der Waals surface area (Å²) in [6.07, 6.45) is 1.95. The number of rotatable bonds is 7. The van der Waals surface area contributed by atoms with Crippen LogP contribution in [0.5, 0.6) is 0 Å². The molecule has 0 bridgehead atoms. The number of thiocarbonyl (C=S) groups is 1. The van der Waals surface area contributed by atoms with Crippen molar-refractivity contribution in [3.05, 3.63) is 27.2 Å². The van der Waals surface area contributed by atoms with Gasteiger partial charge >= 0.3 is 0 Å². The molecule has 0 saturated heterocycles. The lowest BCUT2D eigenvalue weighted by Crippen LogP contribution is -2.56. The highest BCUT2D eigenvalue weighted by molar-refractivity contribution is 7.80. The molecule has 146 valence electrons. The lowest BCUT2D eigenvalue weighted by molar-refractivity contribution is -0.122. The SMILES string of the molecule is CCCCCC(=O)NC(NC(=S)Nc1c(Cl)cc(Cl)cc1Cl)C(Cl)(Cl)Cl. The minimum absolute atomic E-state index is 0.0568. The molecule has 0 aliphatic carbocycles. The second-order valence-corrected chi connectivity index (χ2v) is 9.37. The molecule has 11 heteroatoms. The Morgan fingerprint density at radius 3 is 2.19 bits per heavy atom. The molecule has 4 nitrogen and oxygen atoms in total. The first-order chi connectivity index (χ1) is 12.0. The fraction of sp³-hybridized carbons (Fsp3) is 0.467. The summed E-state index contributed by atoms with van der Waals surface area (Å²) in [5.74, 6) is -0.257. The normalized spacial score (nSPS) is 12.4. The van der Waals surface area contributed by atoms with Crippen LogP contribution in [-0.2, 0) is 4.79 Å². The van der Waals surface area contributed by atoms with Crippen molar-refractivity contribution in [1.82, 2.24) is 10.6 Å². The lowest BCUT2D eigenvalue weighted by atomic mass is 10.2. The van der Waals surface area contributed by atoms with Crippen LogP contribution in [0.4, 0.5) is 5.69 Å². The summed E-state index contributed by atoms with van der Waals surface area (Å²) in [7, 11) is 0. The van der Waals surface area contributed by atoms with E-state index in [0.29, 0.717) is 17.1 Å². The third-order valence-corrected chi connectivity index (χ3v) is 4.85. The summed E-state index contributed by atoms with van der Waals surface area (Å²) >= 11 is 41.0. The van der Waals surface area contributed by atoms with Crippen LogP contribution in [0.1, 0.15) is 32.6 Å². The zero-order valence-electron chi connectivity index (χ0n) is 13.6. The number of anilines is 1. The zero-order chi connectivity index (χ0) is 19.9. The molecule has 0 heterocycles. The molecular formula is C15H17Cl6N3OS. The van der Waals surface area contributed by atoms with Crippen molar-refractivity contribution in [2.24, 2.45) is 0 Å². The number of carbonyl (C=O) groups excluding carboxylic acids is 1. The smallest absolute Gasteiger partial charge is 0.228 e. The van der Waals surface area contributed by atoms with Crippen LogP contribution < -0.4 is 16.0 Å². The number of halogens is 6. The molecule has 0 aromatic heterocycles. The van der Waals surface area contributed by atoms with Gasteiger partial charge in [-0.1, -0.05) is 89.4 Å². The van der Waals surface area contributed by atoms with Crippen LogP contribution >= 0.6 is 81.8 Å². The van der Waals surface area contributed by atoms with Gasteiger partial charge in [0.2, 0.25) is 9.70 Å². The molecule has 26 heavy (non-hydrogen) atoms. The van der Waals surface area contributed by atoms with E-state index in [-0.39, 0.29) is 21.1 Å². The number of hydrogen-bond donors (Lipinski definition) is 3. The summed E-state index contributed by atoms with van der Waals surface area (Å²) < 4.78 is -1.83. The Balaban J connectivity index is 2.76. The highest BCUT2D eigenvalue weighted by Crippen LogP contribution is 2.34. The third-order valence-electron chi connectivity index (χ3n) is 3.16. The molecule has 1 unspecified atom stereocenters. The van der Waals surface area contributed by atoms with Crippen molar-refractivity contribution in [1.29, 1.82) is 0 Å². The minimum atomic E-state index is -1.83. The second kappa shape index (κ2) is 11.2. The van der Waals surface area contributed by atoms with Gasteiger partial charge in [-0.05, 0) is 30.8 Å². The fourth-order valence-electron chi connectivity index (χ4n) is 1.91. The first-order valence-corrected chi connectivity index (χ1v) is 10.3. The van der Waals surface area contributed by atoms with Crippen molar-refractivity contribution in [3.8, 4) is 0 Å². The monoisotopic (exact) mass is 497 g/mol. The van der Waals surface area contributed by atoms with Gasteiger partial charge in [0.25, 0.3) is 0 Å². The highest BCUT2D eigenvalue weighted by atomic mass is 35.6. The second-order valence-electron chi connectivity index (χ2n) is 5.34. The van der Waals surface area contributed by atoms with Crippen molar-refractivity contribution in [3.63, 3.8) is 0 Å². The van der Waals surface area contributed by atoms with Gasteiger partial charge in [0.15, 0.2) is 5.11 Å². The van der Waals surface area contributed by atoms with E-state index >= 15 is 0 Å². The molecule has 1 amide bonds. The van der Waals surface area contributed by atoms with Crippen molar-refractivity contribution in [2.75, 3.05) is 5.32 Å². The summed E-state index contributed by atoms with van der Waals surface area (Å²) in [6.45, 7) is 2.04. The highest BCUT2D eigenvalue weighted by Gasteiger charge is 2.34. The predicted octanol–water partition coefficient (Wildman–Crippen LogP) is 6.33. The molecule has 0 fully saturated rings. The molecule has 1 aromatic rings.